The number of carbonyl (C=O) groups excluding carboxylic acids is 9. The number of nitrogens with zero attached hydrogens (tertiary/aromatic N) is 2. The van der Waals surface area contributed by atoms with E-state index >= 15 is 0 Å². The summed E-state index contributed by atoms with van der Waals surface area (Å²) in [5, 5.41) is 55.7. The van der Waals surface area contributed by atoms with Crippen molar-refractivity contribution < 1.29 is 57.9 Å². The number of hydrogen-bond acceptors (Lipinski definition) is 15. The largest absolute Gasteiger partial charge is 0.508 e. The van der Waals surface area contributed by atoms with Gasteiger partial charge in [0, 0.05) is 24.3 Å². The molecule has 3 unspecified atom stereocenters. The van der Waals surface area contributed by atoms with E-state index in [2.05, 4.69) is 63.8 Å². The molecule has 1 aromatic carbocycles. The summed E-state index contributed by atoms with van der Waals surface area (Å²) in [7, 11) is 3.63. The first kappa shape index (κ1) is 77.4. The van der Waals surface area contributed by atoms with Gasteiger partial charge in [0.2, 0.25) is 59.5 Å². The topological polar surface area (TPSA) is 347 Å². The number of hydrogen-bond donors (Lipinski definition) is 14. The Balaban J connectivity index is 1.92. The maximum absolute atomic E-state index is 14.7. The third kappa shape index (κ3) is 23.8. The first-order chi connectivity index (χ1) is 42.1. The Hall–Kier alpha value is -6.82. The molecule has 500 valence electrons. The van der Waals surface area contributed by atoms with Crippen molar-refractivity contribution >= 4 is 117 Å². The van der Waals surface area contributed by atoms with Gasteiger partial charge in [0.1, 0.15) is 66.0 Å². The van der Waals surface area contributed by atoms with Gasteiger partial charge in [-0.15, -0.1) is 11.8 Å². The Bertz CT molecular complexity index is 2910. The molecule has 1 aliphatic heterocycles. The SMILES string of the molecule is CCC(C)[C@H](NC(=S)[C@@H](NC(=O)C(C)O)C(C)C)C(=O)NCC(=O)N[C@@H](Cc1ccccc1O)C(=S)N[C@@H](C)C(=S)N[C@H](C(=O)N[C@H]1C(=O)N[C@@H]([C@@H](C)CC)C(=O)N[C@@H](C)C(=O)N[C@@H](C(C)C)C(=O)N[C@@H](Cc2c[n+](C)cn2C)C(=O)N/C=C\SC1C)C(C)C. The maximum atomic E-state index is 14.7. The first-order valence-electron chi connectivity index (χ1n) is 30.5. The minimum absolute atomic E-state index is 0.00199. The molecule has 0 bridgehead atoms. The van der Waals surface area contributed by atoms with Gasteiger partial charge in [-0.1, -0.05) is 144 Å². The fraction of sp³-hybridized carbons (Fsp3) is 0.623. The second-order valence-electron chi connectivity index (χ2n) is 24.2. The fourth-order valence-corrected chi connectivity index (χ4v) is 11.1. The molecule has 0 fully saturated rings. The minimum atomic E-state index is -1.33. The van der Waals surface area contributed by atoms with E-state index in [0.717, 1.165) is 17.5 Å². The number of para-hydroxylation sites is 1. The van der Waals surface area contributed by atoms with Crippen molar-refractivity contribution in [3.05, 3.63) is 59.7 Å². The summed E-state index contributed by atoms with van der Waals surface area (Å²) < 4.78 is 3.62. The van der Waals surface area contributed by atoms with E-state index in [1.807, 2.05) is 52.4 Å². The summed E-state index contributed by atoms with van der Waals surface area (Å²) in [5.74, 6) is -7.64. The Morgan fingerprint density at radius 1 is 0.700 bits per heavy atom. The summed E-state index contributed by atoms with van der Waals surface area (Å²) in [4.78, 5) is 126. The van der Waals surface area contributed by atoms with Crippen molar-refractivity contribution in [2.45, 2.75) is 194 Å². The molecule has 0 radical (unpaired) electrons. The number of thioether (sulfide) groups is 1. The highest BCUT2D eigenvalue weighted by Gasteiger charge is 2.38. The summed E-state index contributed by atoms with van der Waals surface area (Å²) in [6.45, 7) is 23.6. The van der Waals surface area contributed by atoms with Crippen LogP contribution in [0.1, 0.15) is 121 Å². The van der Waals surface area contributed by atoms with Crippen molar-refractivity contribution in [1.29, 1.82) is 0 Å². The lowest BCUT2D eigenvalue weighted by Crippen LogP contribution is -2.62. The zero-order chi connectivity index (χ0) is 68.0. The number of imidazole rings is 1. The van der Waals surface area contributed by atoms with Crippen LogP contribution in [0.4, 0.5) is 0 Å². The van der Waals surface area contributed by atoms with Gasteiger partial charge in [0.15, 0.2) is 0 Å². The number of aromatic nitrogens is 2. The van der Waals surface area contributed by atoms with Gasteiger partial charge >= 0.3 is 0 Å². The first-order valence-corrected chi connectivity index (χ1v) is 32.7. The maximum Gasteiger partial charge on any atom is 0.249 e. The quantitative estimate of drug-likeness (QED) is 0.0485. The number of benzene rings is 1. The van der Waals surface area contributed by atoms with E-state index < -0.39 is 149 Å². The smallest absolute Gasteiger partial charge is 0.249 e. The fourth-order valence-electron chi connectivity index (χ4n) is 9.39. The zero-order valence-corrected chi connectivity index (χ0v) is 57.8. The average Bonchev–Trinajstić information content (AvgIpc) is 1.48. The molecule has 2 aromatic rings. The monoisotopic (exact) mass is 1330 g/mol. The van der Waals surface area contributed by atoms with Crippen LogP contribution < -0.4 is 68.4 Å². The van der Waals surface area contributed by atoms with E-state index in [-0.39, 0.29) is 45.4 Å². The van der Waals surface area contributed by atoms with E-state index in [1.54, 1.807) is 84.6 Å². The molecule has 1 aliphatic rings. The Labute approximate surface area is 549 Å². The number of aryl methyl sites for hydroxylation is 2. The number of phenolic OH excluding ortho intramolecular Hbond substituents is 1. The van der Waals surface area contributed by atoms with Crippen molar-refractivity contribution in [2.24, 2.45) is 43.7 Å². The lowest BCUT2D eigenvalue weighted by atomic mass is 9.96. The third-order valence-electron chi connectivity index (χ3n) is 15.5. The highest BCUT2D eigenvalue weighted by Crippen LogP contribution is 2.21. The predicted octanol–water partition coefficient (Wildman–Crippen LogP) is 0.910. The number of rotatable bonds is 25. The van der Waals surface area contributed by atoms with Crippen molar-refractivity contribution in [2.75, 3.05) is 6.54 Å². The number of thiocarbonyl (C=S) groups is 3. The normalized spacial score (nSPS) is 21.8. The standard InChI is InChI=1S/C61H96N14O11S4/c1-17-33(9)48(73-61(89)47(32(7)8)69-52(80)37(13)76)54(82)63-27-44(78)66-42(25-39-21-19-20-22-43(39)77)60(88)65-36(12)59(87)72-46(31(5)6)56(84)71-50-38(14)90-24-23-62-53(81)41(26-40-28-74(15)29-75(40)16)67-55(83)45(30(3)4)68-51(79)35(11)64-57(85)49(34(10)18-2)70-58(50)86/h19-24,28-38,41-42,45-50,76H,17-18,25-27H2,1-16H3,(H12-,62,63,64,65,66,67,68,69,70,71,72,73,77,78,79,80,81,82,83,84,85,86,87,88,89)/p+1/b24-23-/t33?,34-,35-,36-,37?,38?,41-,42-,45-,46-,47-,48-,49-,50+/m0/s1. The molecule has 2 heterocycles. The van der Waals surface area contributed by atoms with Crippen LogP contribution in [0.25, 0.3) is 0 Å². The second-order valence-corrected chi connectivity index (χ2v) is 26.8. The number of nitrogens with one attached hydrogen (secondary N) is 12. The molecular weight excluding hydrogens is 1230 g/mol. The van der Waals surface area contributed by atoms with Gasteiger partial charge in [-0.25, -0.2) is 9.13 Å². The lowest BCUT2D eigenvalue weighted by Gasteiger charge is -2.32. The molecule has 9 amide bonds. The molecule has 0 saturated heterocycles. The van der Waals surface area contributed by atoms with Crippen LogP contribution in [0.3, 0.4) is 0 Å². The van der Waals surface area contributed by atoms with E-state index in [9.17, 15) is 53.4 Å². The van der Waals surface area contributed by atoms with Gasteiger partial charge in [-0.05, 0) is 67.4 Å². The molecule has 25 nitrogen and oxygen atoms in total. The molecule has 3 rings (SSSR count). The van der Waals surface area contributed by atoms with Crippen LogP contribution in [0.2, 0.25) is 0 Å². The molecule has 0 spiro atoms. The van der Waals surface area contributed by atoms with Gasteiger partial charge < -0.3 is 74.0 Å². The number of carbonyl (C=O) groups is 9. The van der Waals surface area contributed by atoms with Crippen LogP contribution in [-0.2, 0) is 70.1 Å². The number of amides is 9. The third-order valence-corrected chi connectivity index (χ3v) is 17.8. The van der Waals surface area contributed by atoms with E-state index in [0.29, 0.717) is 18.4 Å². The summed E-state index contributed by atoms with van der Waals surface area (Å²) in [5.41, 5.74) is 1.16. The van der Waals surface area contributed by atoms with Crippen LogP contribution >= 0.6 is 48.4 Å². The summed E-state index contributed by atoms with van der Waals surface area (Å²) in [6, 6.07) is -3.88. The van der Waals surface area contributed by atoms with Crippen LogP contribution in [0, 0.1) is 29.6 Å². The summed E-state index contributed by atoms with van der Waals surface area (Å²) in [6.07, 6.45) is 4.75. The van der Waals surface area contributed by atoms with Crippen molar-refractivity contribution in [1.82, 2.24) is 68.4 Å². The average molecular weight is 1330 g/mol. The van der Waals surface area contributed by atoms with Crippen molar-refractivity contribution in [3.8, 4) is 5.75 Å². The number of aromatic hydroxyl groups is 1. The highest BCUT2D eigenvalue weighted by molar-refractivity contribution is 8.02. The van der Waals surface area contributed by atoms with Crippen LogP contribution in [0.5, 0.6) is 5.75 Å². The van der Waals surface area contributed by atoms with Gasteiger partial charge in [0.05, 0.1) is 53.7 Å². The molecular formula is C61H97N14O11S4+. The molecule has 90 heavy (non-hydrogen) atoms. The summed E-state index contributed by atoms with van der Waals surface area (Å²) >= 11 is 18.5. The number of aliphatic hydroxyl groups excluding tert-OH is 1. The Morgan fingerprint density at radius 2 is 1.31 bits per heavy atom. The van der Waals surface area contributed by atoms with Crippen LogP contribution in [0.15, 0.2) is 48.4 Å². The Morgan fingerprint density at radius 3 is 1.88 bits per heavy atom. The van der Waals surface area contributed by atoms with E-state index in [1.165, 1.54) is 31.5 Å². The predicted molar refractivity (Wildman–Crippen MR) is 358 cm³/mol. The van der Waals surface area contributed by atoms with Gasteiger partial charge in [0.25, 0.3) is 0 Å². The molecule has 14 atom stereocenters. The lowest BCUT2D eigenvalue weighted by molar-refractivity contribution is -0.671. The zero-order valence-electron chi connectivity index (χ0n) is 54.6. The molecule has 1 aromatic heterocycles. The molecule has 0 saturated carbocycles. The van der Waals surface area contributed by atoms with Crippen LogP contribution in [-0.4, -0.2) is 161 Å². The molecule has 0 aliphatic carbocycles. The number of phenols is 1. The molecule has 29 heteroatoms. The minimum Gasteiger partial charge on any atom is -0.508 e. The van der Waals surface area contributed by atoms with E-state index in [4.69, 9.17) is 36.7 Å². The number of aliphatic hydroxyl groups is 1. The Kier molecular flexibility index (Phi) is 31.7. The van der Waals surface area contributed by atoms with Gasteiger partial charge in [-0.2, -0.15) is 0 Å². The van der Waals surface area contributed by atoms with Gasteiger partial charge in [-0.3, -0.25) is 43.2 Å². The second kappa shape index (κ2) is 36.9. The molecule has 14 N–H and O–H groups in total. The van der Waals surface area contributed by atoms with Crippen molar-refractivity contribution in [3.63, 3.8) is 0 Å². The highest BCUT2D eigenvalue weighted by atomic mass is 32.2.